The molecule has 3 heterocycles. The van der Waals surface area contributed by atoms with E-state index in [9.17, 15) is 13.6 Å². The highest BCUT2D eigenvalue weighted by Gasteiger charge is 2.25. The fraction of sp³-hybridized carbons (Fsp3) is 0.368. The Morgan fingerprint density at radius 1 is 1.24 bits per heavy atom. The molecule has 0 unspecified atom stereocenters. The number of fused-ring (bicyclic) bond motifs is 1. The zero-order valence-electron chi connectivity index (χ0n) is 15.7. The van der Waals surface area contributed by atoms with Gasteiger partial charge in [0, 0.05) is 29.2 Å². The molecule has 0 bridgehead atoms. The summed E-state index contributed by atoms with van der Waals surface area (Å²) in [6.45, 7) is 0. The van der Waals surface area contributed by atoms with Gasteiger partial charge in [-0.25, -0.2) is 28.5 Å². The molecule has 1 fully saturated rings. The zero-order chi connectivity index (χ0) is 20.4. The lowest BCUT2D eigenvalue weighted by Crippen LogP contribution is -2.41. The van der Waals surface area contributed by atoms with Crippen LogP contribution in [0.4, 0.5) is 19.4 Å². The third kappa shape index (κ3) is 4.10. The second-order valence-corrected chi connectivity index (χ2v) is 6.98. The number of pyridine rings is 1. The van der Waals surface area contributed by atoms with Crippen molar-refractivity contribution in [2.24, 2.45) is 0 Å². The van der Waals surface area contributed by atoms with Crippen LogP contribution in [0.25, 0.3) is 22.4 Å². The third-order valence-corrected chi connectivity index (χ3v) is 5.01. The van der Waals surface area contributed by atoms with Crippen molar-refractivity contribution in [3.05, 3.63) is 36.3 Å². The van der Waals surface area contributed by atoms with Gasteiger partial charge in [-0.05, 0) is 31.7 Å². The van der Waals surface area contributed by atoms with Gasteiger partial charge in [-0.2, -0.15) is 0 Å². The molecule has 4 rings (SSSR count). The van der Waals surface area contributed by atoms with E-state index < -0.39 is 17.7 Å². The van der Waals surface area contributed by atoms with Gasteiger partial charge in [0.25, 0.3) is 0 Å². The normalized spacial score (nSPS) is 19.1. The smallest absolute Gasteiger partial charge is 0.407 e. The quantitative estimate of drug-likeness (QED) is 0.618. The summed E-state index contributed by atoms with van der Waals surface area (Å²) in [5.41, 5.74) is 1.02. The number of ether oxygens (including phenoxy) is 1. The Morgan fingerprint density at radius 3 is 2.90 bits per heavy atom. The number of nitrogens with one attached hydrogen (secondary N) is 3. The van der Waals surface area contributed by atoms with Crippen molar-refractivity contribution in [1.29, 1.82) is 0 Å². The van der Waals surface area contributed by atoms with Gasteiger partial charge in [-0.1, -0.05) is 0 Å². The van der Waals surface area contributed by atoms with Crippen molar-refractivity contribution in [2.45, 2.75) is 37.8 Å². The highest BCUT2D eigenvalue weighted by atomic mass is 19.1. The van der Waals surface area contributed by atoms with E-state index in [1.165, 1.54) is 13.2 Å². The van der Waals surface area contributed by atoms with Gasteiger partial charge in [0.15, 0.2) is 17.5 Å². The molecule has 10 heteroatoms. The van der Waals surface area contributed by atoms with Crippen LogP contribution in [0, 0.1) is 11.6 Å². The van der Waals surface area contributed by atoms with E-state index in [0.717, 1.165) is 31.7 Å². The summed E-state index contributed by atoms with van der Waals surface area (Å²) in [4.78, 5) is 26.7. The molecule has 1 amide bonds. The number of anilines is 1. The third-order valence-electron chi connectivity index (χ3n) is 5.01. The van der Waals surface area contributed by atoms with Gasteiger partial charge in [0.1, 0.15) is 11.5 Å². The number of nitrogens with zero attached hydrogens (tertiary/aromatic N) is 3. The van der Waals surface area contributed by atoms with Crippen LogP contribution in [0.5, 0.6) is 0 Å². The van der Waals surface area contributed by atoms with E-state index in [0.29, 0.717) is 23.0 Å². The fourth-order valence-corrected chi connectivity index (χ4v) is 3.63. The van der Waals surface area contributed by atoms with Crippen molar-refractivity contribution < 1.29 is 18.3 Å². The maximum Gasteiger partial charge on any atom is 0.407 e. The number of aromatic amines is 1. The van der Waals surface area contributed by atoms with Crippen LogP contribution >= 0.6 is 0 Å². The first kappa shape index (κ1) is 19.0. The minimum Gasteiger partial charge on any atom is -0.453 e. The molecule has 1 aliphatic rings. The van der Waals surface area contributed by atoms with Gasteiger partial charge >= 0.3 is 6.09 Å². The molecule has 3 aromatic heterocycles. The van der Waals surface area contributed by atoms with E-state index in [2.05, 4.69) is 35.3 Å². The van der Waals surface area contributed by atoms with Gasteiger partial charge in [-0.3, -0.25) is 0 Å². The standard InChI is InChI=1S/C19H20F2N6O2/c1-29-19(28)26-12-4-2-3-11(6-12)25-18-15(21)9-24-17(27-18)14-8-23-16-13(14)5-10(20)7-22-16/h5,7-9,11-12H,2-4,6H2,1H3,(H,22,23)(H,26,28)(H,24,25,27)/t11-,12+/m0/s1. The van der Waals surface area contributed by atoms with Crippen LogP contribution in [0.1, 0.15) is 25.7 Å². The highest BCUT2D eigenvalue weighted by Crippen LogP contribution is 2.28. The lowest BCUT2D eigenvalue weighted by molar-refractivity contribution is 0.162. The van der Waals surface area contributed by atoms with Crippen molar-refractivity contribution in [1.82, 2.24) is 25.3 Å². The van der Waals surface area contributed by atoms with E-state index >= 15 is 0 Å². The Kier molecular flexibility index (Phi) is 5.24. The van der Waals surface area contributed by atoms with Crippen molar-refractivity contribution in [3.63, 3.8) is 0 Å². The second kappa shape index (κ2) is 7.98. The van der Waals surface area contributed by atoms with E-state index in [1.807, 2.05) is 0 Å². The highest BCUT2D eigenvalue weighted by molar-refractivity contribution is 5.91. The van der Waals surface area contributed by atoms with Crippen LogP contribution in [0.2, 0.25) is 0 Å². The van der Waals surface area contributed by atoms with Crippen molar-refractivity contribution in [2.75, 3.05) is 12.4 Å². The molecule has 29 heavy (non-hydrogen) atoms. The Bertz CT molecular complexity index is 1040. The van der Waals surface area contributed by atoms with E-state index in [-0.39, 0.29) is 23.7 Å². The first-order valence-corrected chi connectivity index (χ1v) is 9.30. The summed E-state index contributed by atoms with van der Waals surface area (Å²) < 4.78 is 32.6. The Morgan fingerprint density at radius 2 is 2.07 bits per heavy atom. The van der Waals surface area contributed by atoms with Gasteiger partial charge in [0.2, 0.25) is 0 Å². The summed E-state index contributed by atoms with van der Waals surface area (Å²) >= 11 is 0. The average Bonchev–Trinajstić information content (AvgIpc) is 3.13. The molecule has 152 valence electrons. The number of hydrogen-bond acceptors (Lipinski definition) is 6. The Hall–Kier alpha value is -3.30. The van der Waals surface area contributed by atoms with Crippen LogP contribution in [-0.2, 0) is 4.74 Å². The predicted octanol–water partition coefficient (Wildman–Crippen LogP) is 3.38. The van der Waals surface area contributed by atoms with Crippen molar-refractivity contribution >= 4 is 22.9 Å². The molecule has 2 atom stereocenters. The Balaban J connectivity index is 1.55. The SMILES string of the molecule is COC(=O)N[C@@H]1CCC[C@H](Nc2nc(-c3c[nH]c4ncc(F)cc34)ncc2F)C1. The molecule has 3 aromatic rings. The monoisotopic (exact) mass is 402 g/mol. The first-order valence-electron chi connectivity index (χ1n) is 9.30. The van der Waals surface area contributed by atoms with Crippen molar-refractivity contribution in [3.8, 4) is 11.4 Å². The molecule has 1 aliphatic carbocycles. The van der Waals surface area contributed by atoms with Crippen LogP contribution in [0.15, 0.2) is 24.7 Å². The number of hydrogen-bond donors (Lipinski definition) is 3. The predicted molar refractivity (Wildman–Crippen MR) is 102 cm³/mol. The molecular formula is C19H20F2N6O2. The van der Waals surface area contributed by atoms with Gasteiger partial charge in [0.05, 0.1) is 19.5 Å². The van der Waals surface area contributed by atoms with E-state index in [4.69, 9.17) is 0 Å². The minimum atomic E-state index is -0.582. The lowest BCUT2D eigenvalue weighted by atomic mass is 9.91. The number of amides is 1. The number of rotatable bonds is 4. The number of halogens is 2. The van der Waals surface area contributed by atoms with Gasteiger partial charge < -0.3 is 20.4 Å². The molecule has 0 aromatic carbocycles. The first-order chi connectivity index (χ1) is 14.0. The molecule has 8 nitrogen and oxygen atoms in total. The molecule has 1 saturated carbocycles. The number of carbonyl (C=O) groups is 1. The molecule has 0 saturated heterocycles. The second-order valence-electron chi connectivity index (χ2n) is 6.98. The number of aromatic nitrogens is 4. The van der Waals surface area contributed by atoms with Gasteiger partial charge in [-0.15, -0.1) is 0 Å². The summed E-state index contributed by atoms with van der Waals surface area (Å²) in [6.07, 6.45) is 6.48. The molecule has 0 spiro atoms. The van der Waals surface area contributed by atoms with Crippen LogP contribution in [0.3, 0.4) is 0 Å². The number of alkyl carbamates (subject to hydrolysis) is 1. The molecule has 0 radical (unpaired) electrons. The number of methoxy groups -OCH3 is 1. The summed E-state index contributed by atoms with van der Waals surface area (Å²) in [6, 6.07) is 1.21. The maximum absolute atomic E-state index is 14.3. The fourth-order valence-electron chi connectivity index (χ4n) is 3.63. The maximum atomic E-state index is 14.3. The topological polar surface area (TPSA) is 105 Å². The number of carbonyl (C=O) groups excluding carboxylic acids is 1. The minimum absolute atomic E-state index is 0.0549. The average molecular weight is 402 g/mol. The Labute approximate surface area is 165 Å². The summed E-state index contributed by atoms with van der Waals surface area (Å²) in [7, 11) is 1.32. The zero-order valence-corrected chi connectivity index (χ0v) is 15.7. The van der Waals surface area contributed by atoms with E-state index in [1.54, 1.807) is 6.20 Å². The summed E-state index contributed by atoms with van der Waals surface area (Å²) in [5.74, 6) is -0.740. The number of H-pyrrole nitrogens is 1. The summed E-state index contributed by atoms with van der Waals surface area (Å²) in [5, 5.41) is 6.41. The van der Waals surface area contributed by atoms with Crippen LogP contribution < -0.4 is 10.6 Å². The van der Waals surface area contributed by atoms with Crippen LogP contribution in [-0.4, -0.2) is 45.2 Å². The molecule has 0 aliphatic heterocycles. The molecular weight excluding hydrogens is 382 g/mol. The largest absolute Gasteiger partial charge is 0.453 e. The lowest BCUT2D eigenvalue weighted by Gasteiger charge is -2.30. The molecule has 3 N–H and O–H groups in total.